The van der Waals surface area contributed by atoms with Gasteiger partial charge < -0.3 is 4.90 Å². The maximum absolute atomic E-state index is 4.88. The Hall–Kier alpha value is -1.16. The highest BCUT2D eigenvalue weighted by Gasteiger charge is 2.27. The Labute approximate surface area is 128 Å². The molecule has 4 heteroatoms. The Morgan fingerprint density at radius 1 is 1.20 bits per heavy atom. The number of alkyl halides is 1. The SMILES string of the molecule is Cc1nc2ccccc2nc1N(CCCBr)C1CCC1. The van der Waals surface area contributed by atoms with Gasteiger partial charge in [-0.05, 0) is 44.7 Å². The van der Waals surface area contributed by atoms with Crippen LogP contribution in [-0.2, 0) is 0 Å². The maximum Gasteiger partial charge on any atom is 0.151 e. The second-order valence-electron chi connectivity index (χ2n) is 5.44. The van der Waals surface area contributed by atoms with Crippen molar-refractivity contribution in [3.63, 3.8) is 0 Å². The monoisotopic (exact) mass is 333 g/mol. The number of para-hydroxylation sites is 2. The second-order valence-corrected chi connectivity index (χ2v) is 6.23. The Bertz CT molecular complexity index is 595. The van der Waals surface area contributed by atoms with Crippen LogP contribution in [0.1, 0.15) is 31.4 Å². The molecule has 1 aromatic heterocycles. The smallest absolute Gasteiger partial charge is 0.151 e. The molecule has 0 N–H and O–H groups in total. The third-order valence-corrected chi connectivity index (χ3v) is 4.60. The van der Waals surface area contributed by atoms with Crippen LogP contribution < -0.4 is 4.90 Å². The third kappa shape index (κ3) is 2.66. The van der Waals surface area contributed by atoms with Crippen LogP contribution in [0.2, 0.25) is 0 Å². The molecule has 0 saturated heterocycles. The van der Waals surface area contributed by atoms with Gasteiger partial charge in [-0.2, -0.15) is 0 Å². The number of benzene rings is 1. The standard InChI is InChI=1S/C16H20BrN3/c1-12-16(19-15-9-3-2-8-14(15)18-12)20(11-5-10-17)13-6-4-7-13/h2-3,8-9,13H,4-7,10-11H2,1H3. The molecule has 1 heterocycles. The van der Waals surface area contributed by atoms with Gasteiger partial charge in [0.2, 0.25) is 0 Å². The fourth-order valence-corrected chi connectivity index (χ4v) is 2.99. The lowest BCUT2D eigenvalue weighted by Crippen LogP contribution is -2.42. The van der Waals surface area contributed by atoms with Gasteiger partial charge in [0, 0.05) is 17.9 Å². The second kappa shape index (κ2) is 6.08. The van der Waals surface area contributed by atoms with Gasteiger partial charge in [-0.3, -0.25) is 0 Å². The number of halogens is 1. The normalized spacial score (nSPS) is 15.3. The van der Waals surface area contributed by atoms with Crippen molar-refractivity contribution in [2.45, 2.75) is 38.6 Å². The number of anilines is 1. The Morgan fingerprint density at radius 3 is 2.50 bits per heavy atom. The summed E-state index contributed by atoms with van der Waals surface area (Å²) in [6, 6.07) is 8.79. The van der Waals surface area contributed by atoms with Gasteiger partial charge in [0.25, 0.3) is 0 Å². The third-order valence-electron chi connectivity index (χ3n) is 4.04. The highest BCUT2D eigenvalue weighted by Crippen LogP contribution is 2.31. The van der Waals surface area contributed by atoms with E-state index in [4.69, 9.17) is 9.97 Å². The van der Waals surface area contributed by atoms with Crippen molar-refractivity contribution in [1.82, 2.24) is 9.97 Å². The minimum Gasteiger partial charge on any atom is -0.352 e. The number of aryl methyl sites for hydroxylation is 1. The van der Waals surface area contributed by atoms with Crippen molar-refractivity contribution in [3.05, 3.63) is 30.0 Å². The number of hydrogen-bond acceptors (Lipinski definition) is 3. The van der Waals surface area contributed by atoms with Gasteiger partial charge in [0.1, 0.15) is 0 Å². The first-order chi connectivity index (χ1) is 9.79. The van der Waals surface area contributed by atoms with Crippen LogP contribution in [0.3, 0.4) is 0 Å². The fraction of sp³-hybridized carbons (Fsp3) is 0.500. The zero-order chi connectivity index (χ0) is 13.9. The number of rotatable bonds is 5. The molecule has 3 rings (SSSR count). The van der Waals surface area contributed by atoms with E-state index >= 15 is 0 Å². The van der Waals surface area contributed by atoms with Gasteiger partial charge in [-0.25, -0.2) is 9.97 Å². The molecule has 0 radical (unpaired) electrons. The van der Waals surface area contributed by atoms with Crippen LogP contribution in [0.4, 0.5) is 5.82 Å². The Kier molecular flexibility index (Phi) is 4.20. The summed E-state index contributed by atoms with van der Waals surface area (Å²) in [4.78, 5) is 12.1. The van der Waals surface area contributed by atoms with Crippen molar-refractivity contribution in [1.29, 1.82) is 0 Å². The van der Waals surface area contributed by atoms with E-state index in [2.05, 4.69) is 33.8 Å². The van der Waals surface area contributed by atoms with Crippen molar-refractivity contribution < 1.29 is 0 Å². The quantitative estimate of drug-likeness (QED) is 0.772. The maximum atomic E-state index is 4.88. The highest BCUT2D eigenvalue weighted by atomic mass is 79.9. The van der Waals surface area contributed by atoms with Crippen molar-refractivity contribution in [2.24, 2.45) is 0 Å². The summed E-state index contributed by atoms with van der Waals surface area (Å²) in [5, 5.41) is 1.04. The molecule has 1 fully saturated rings. The molecule has 0 bridgehead atoms. The molecule has 0 unspecified atom stereocenters. The molecule has 0 atom stereocenters. The van der Waals surface area contributed by atoms with Crippen LogP contribution in [0, 0.1) is 6.92 Å². The molecule has 1 aliphatic carbocycles. The number of hydrogen-bond donors (Lipinski definition) is 0. The van der Waals surface area contributed by atoms with E-state index in [9.17, 15) is 0 Å². The van der Waals surface area contributed by atoms with Crippen LogP contribution in [0.15, 0.2) is 24.3 Å². The average Bonchev–Trinajstić information content (AvgIpc) is 2.40. The van der Waals surface area contributed by atoms with Crippen LogP contribution in [0.25, 0.3) is 11.0 Å². The van der Waals surface area contributed by atoms with Gasteiger partial charge in [0.05, 0.1) is 16.7 Å². The first kappa shape index (κ1) is 13.8. The number of aromatic nitrogens is 2. The lowest BCUT2D eigenvalue weighted by Gasteiger charge is -2.39. The molecule has 20 heavy (non-hydrogen) atoms. The van der Waals surface area contributed by atoms with E-state index in [1.54, 1.807) is 0 Å². The zero-order valence-corrected chi connectivity index (χ0v) is 13.4. The van der Waals surface area contributed by atoms with Crippen molar-refractivity contribution in [3.8, 4) is 0 Å². The summed E-state index contributed by atoms with van der Waals surface area (Å²) in [5.74, 6) is 1.08. The molecule has 0 amide bonds. The number of nitrogens with zero attached hydrogens (tertiary/aromatic N) is 3. The van der Waals surface area contributed by atoms with Crippen LogP contribution in [0.5, 0.6) is 0 Å². The largest absolute Gasteiger partial charge is 0.352 e. The number of fused-ring (bicyclic) bond motifs is 1. The van der Waals surface area contributed by atoms with E-state index < -0.39 is 0 Å². The minimum absolute atomic E-state index is 0.656. The van der Waals surface area contributed by atoms with E-state index in [0.717, 1.165) is 40.8 Å². The average molecular weight is 334 g/mol. The molecule has 3 nitrogen and oxygen atoms in total. The molecular weight excluding hydrogens is 314 g/mol. The minimum atomic E-state index is 0.656. The first-order valence-corrected chi connectivity index (χ1v) is 8.48. The van der Waals surface area contributed by atoms with Gasteiger partial charge in [-0.15, -0.1) is 0 Å². The Morgan fingerprint density at radius 2 is 1.90 bits per heavy atom. The molecule has 1 aliphatic rings. The van der Waals surface area contributed by atoms with Crippen molar-refractivity contribution >= 4 is 32.8 Å². The zero-order valence-electron chi connectivity index (χ0n) is 11.8. The van der Waals surface area contributed by atoms with E-state index in [0.29, 0.717) is 6.04 Å². The summed E-state index contributed by atoms with van der Waals surface area (Å²) in [5.41, 5.74) is 3.03. The summed E-state index contributed by atoms with van der Waals surface area (Å²) in [6.07, 6.45) is 5.06. The lowest BCUT2D eigenvalue weighted by atomic mass is 9.91. The highest BCUT2D eigenvalue weighted by molar-refractivity contribution is 9.09. The molecule has 1 saturated carbocycles. The molecule has 0 spiro atoms. The van der Waals surface area contributed by atoms with Crippen molar-refractivity contribution in [2.75, 3.05) is 16.8 Å². The molecule has 0 aliphatic heterocycles. The molecular formula is C16H20BrN3. The van der Waals surface area contributed by atoms with E-state index in [-0.39, 0.29) is 0 Å². The molecule has 2 aromatic rings. The molecule has 106 valence electrons. The lowest BCUT2D eigenvalue weighted by molar-refractivity contribution is 0.383. The summed E-state index contributed by atoms with van der Waals surface area (Å²) >= 11 is 3.54. The Balaban J connectivity index is 1.98. The van der Waals surface area contributed by atoms with E-state index in [1.165, 1.54) is 19.3 Å². The van der Waals surface area contributed by atoms with Crippen LogP contribution in [-0.4, -0.2) is 27.9 Å². The fourth-order valence-electron chi connectivity index (χ4n) is 2.74. The van der Waals surface area contributed by atoms with Crippen LogP contribution >= 0.6 is 15.9 Å². The van der Waals surface area contributed by atoms with Gasteiger partial charge in [0.15, 0.2) is 5.82 Å². The van der Waals surface area contributed by atoms with Gasteiger partial charge in [-0.1, -0.05) is 28.1 Å². The topological polar surface area (TPSA) is 29.0 Å². The summed E-state index contributed by atoms with van der Waals surface area (Å²) < 4.78 is 0. The summed E-state index contributed by atoms with van der Waals surface area (Å²) in [6.45, 7) is 3.14. The van der Waals surface area contributed by atoms with Gasteiger partial charge >= 0.3 is 0 Å². The predicted molar refractivity (Wildman–Crippen MR) is 87.7 cm³/mol. The summed E-state index contributed by atoms with van der Waals surface area (Å²) in [7, 11) is 0. The first-order valence-electron chi connectivity index (χ1n) is 7.35. The predicted octanol–water partition coefficient (Wildman–Crippen LogP) is 4.08. The van der Waals surface area contributed by atoms with E-state index in [1.807, 2.05) is 18.2 Å². The molecule has 1 aromatic carbocycles.